The summed E-state index contributed by atoms with van der Waals surface area (Å²) in [6.07, 6.45) is 2.77. The second kappa shape index (κ2) is 4.82. The molecular weight excluding hydrogens is 164 g/mol. The van der Waals surface area contributed by atoms with Crippen LogP contribution in [0.4, 0.5) is 0 Å². The summed E-state index contributed by atoms with van der Waals surface area (Å²) in [4.78, 5) is 4.14. The highest BCUT2D eigenvalue weighted by molar-refractivity contribution is 5.19. The first-order valence-electron chi connectivity index (χ1n) is 4.51. The molecule has 0 aliphatic carbocycles. The molecule has 1 unspecified atom stereocenters. The minimum Gasteiger partial charge on any atom is -0.489 e. The van der Waals surface area contributed by atoms with Crippen molar-refractivity contribution in [1.29, 1.82) is 0 Å². The molecule has 13 heavy (non-hydrogen) atoms. The van der Waals surface area contributed by atoms with Gasteiger partial charge in [-0.2, -0.15) is 0 Å². The lowest BCUT2D eigenvalue weighted by Gasteiger charge is -2.12. The van der Waals surface area contributed by atoms with Crippen molar-refractivity contribution >= 4 is 0 Å². The maximum Gasteiger partial charge on any atom is 0.138 e. The Bertz CT molecular complexity index is 246. The largest absolute Gasteiger partial charge is 0.489 e. The summed E-state index contributed by atoms with van der Waals surface area (Å²) in [5.74, 6) is 0.812. The number of hydrogen-bond acceptors (Lipinski definition) is 3. The lowest BCUT2D eigenvalue weighted by Crippen LogP contribution is -2.16. The standard InChI is InChI=1S/C10H16N2O/c1-8-3-4-10(7-12-8)13-9(2)5-6-11/h3-4,7,9H,5-6,11H2,1-2H3. The SMILES string of the molecule is Cc1ccc(OC(C)CCN)cn1. The zero-order valence-corrected chi connectivity index (χ0v) is 8.16. The fourth-order valence-electron chi connectivity index (χ4n) is 1.05. The number of aromatic nitrogens is 1. The third-order valence-electron chi connectivity index (χ3n) is 1.79. The average molecular weight is 180 g/mol. The van der Waals surface area contributed by atoms with E-state index >= 15 is 0 Å². The molecule has 1 atom stereocenters. The highest BCUT2D eigenvalue weighted by atomic mass is 16.5. The van der Waals surface area contributed by atoms with Gasteiger partial charge in [0, 0.05) is 5.69 Å². The number of ether oxygens (including phenoxy) is 1. The van der Waals surface area contributed by atoms with E-state index in [-0.39, 0.29) is 6.10 Å². The van der Waals surface area contributed by atoms with Crippen molar-refractivity contribution in [2.24, 2.45) is 5.73 Å². The molecule has 1 rings (SSSR count). The summed E-state index contributed by atoms with van der Waals surface area (Å²) >= 11 is 0. The minimum atomic E-state index is 0.162. The van der Waals surface area contributed by atoms with E-state index in [0.717, 1.165) is 17.9 Å². The van der Waals surface area contributed by atoms with Gasteiger partial charge in [0.15, 0.2) is 0 Å². The van der Waals surface area contributed by atoms with Gasteiger partial charge < -0.3 is 10.5 Å². The van der Waals surface area contributed by atoms with Crippen LogP contribution in [-0.4, -0.2) is 17.6 Å². The van der Waals surface area contributed by atoms with Crippen LogP contribution in [0.1, 0.15) is 19.0 Å². The molecule has 1 aromatic rings. The van der Waals surface area contributed by atoms with Crippen LogP contribution in [0.3, 0.4) is 0 Å². The van der Waals surface area contributed by atoms with Gasteiger partial charge in [-0.15, -0.1) is 0 Å². The lowest BCUT2D eigenvalue weighted by molar-refractivity contribution is 0.213. The second-order valence-electron chi connectivity index (χ2n) is 3.14. The van der Waals surface area contributed by atoms with Crippen molar-refractivity contribution in [3.8, 4) is 5.75 Å². The van der Waals surface area contributed by atoms with Crippen molar-refractivity contribution in [2.45, 2.75) is 26.4 Å². The molecule has 0 saturated carbocycles. The van der Waals surface area contributed by atoms with Crippen molar-refractivity contribution in [3.63, 3.8) is 0 Å². The third kappa shape index (κ3) is 3.42. The maximum absolute atomic E-state index is 5.57. The van der Waals surface area contributed by atoms with Crippen molar-refractivity contribution < 1.29 is 4.74 Å². The Kier molecular flexibility index (Phi) is 3.71. The van der Waals surface area contributed by atoms with Crippen LogP contribution in [0.2, 0.25) is 0 Å². The van der Waals surface area contributed by atoms with Crippen LogP contribution < -0.4 is 10.5 Å². The van der Waals surface area contributed by atoms with E-state index < -0.39 is 0 Å². The third-order valence-corrected chi connectivity index (χ3v) is 1.79. The molecule has 1 aromatic heterocycles. The first-order chi connectivity index (χ1) is 6.22. The average Bonchev–Trinajstić information content (AvgIpc) is 2.09. The summed E-state index contributed by atoms with van der Waals surface area (Å²) in [7, 11) is 0. The molecule has 0 radical (unpaired) electrons. The van der Waals surface area contributed by atoms with Crippen LogP contribution in [0, 0.1) is 6.92 Å². The first kappa shape index (κ1) is 9.99. The number of nitrogens with zero attached hydrogens (tertiary/aromatic N) is 1. The molecule has 0 spiro atoms. The molecular formula is C10H16N2O. The van der Waals surface area contributed by atoms with E-state index in [1.807, 2.05) is 26.0 Å². The number of hydrogen-bond donors (Lipinski definition) is 1. The van der Waals surface area contributed by atoms with Crippen LogP contribution in [0.25, 0.3) is 0 Å². The Morgan fingerprint density at radius 3 is 2.85 bits per heavy atom. The van der Waals surface area contributed by atoms with E-state index in [0.29, 0.717) is 6.54 Å². The molecule has 0 fully saturated rings. The number of pyridine rings is 1. The van der Waals surface area contributed by atoms with Gasteiger partial charge in [-0.25, -0.2) is 0 Å². The van der Waals surface area contributed by atoms with E-state index in [2.05, 4.69) is 4.98 Å². The number of nitrogens with two attached hydrogens (primary N) is 1. The molecule has 72 valence electrons. The van der Waals surface area contributed by atoms with Gasteiger partial charge in [-0.1, -0.05) is 0 Å². The molecule has 0 amide bonds. The monoisotopic (exact) mass is 180 g/mol. The van der Waals surface area contributed by atoms with Gasteiger partial charge in [0.2, 0.25) is 0 Å². The van der Waals surface area contributed by atoms with Gasteiger partial charge in [-0.3, -0.25) is 4.98 Å². The fourth-order valence-corrected chi connectivity index (χ4v) is 1.05. The van der Waals surface area contributed by atoms with Gasteiger partial charge in [0.05, 0.1) is 12.3 Å². The summed E-state index contributed by atoms with van der Waals surface area (Å²) in [6.45, 7) is 4.61. The maximum atomic E-state index is 5.57. The molecule has 0 aromatic carbocycles. The van der Waals surface area contributed by atoms with E-state index in [9.17, 15) is 0 Å². The molecule has 0 aliphatic heterocycles. The van der Waals surface area contributed by atoms with Gasteiger partial charge >= 0.3 is 0 Å². The van der Waals surface area contributed by atoms with Crippen LogP contribution in [-0.2, 0) is 0 Å². The van der Waals surface area contributed by atoms with Gasteiger partial charge in [-0.05, 0) is 38.9 Å². The molecule has 0 bridgehead atoms. The Labute approximate surface area is 78.9 Å². The minimum absolute atomic E-state index is 0.162. The highest BCUT2D eigenvalue weighted by Gasteiger charge is 2.01. The van der Waals surface area contributed by atoms with Crippen molar-refractivity contribution in [2.75, 3.05) is 6.54 Å². The Balaban J connectivity index is 2.49. The first-order valence-corrected chi connectivity index (χ1v) is 4.51. The summed E-state index contributed by atoms with van der Waals surface area (Å²) in [5, 5.41) is 0. The molecule has 2 N–H and O–H groups in total. The molecule has 0 saturated heterocycles. The van der Waals surface area contributed by atoms with Crippen LogP contribution >= 0.6 is 0 Å². The zero-order valence-electron chi connectivity index (χ0n) is 8.16. The fraction of sp³-hybridized carbons (Fsp3) is 0.500. The zero-order chi connectivity index (χ0) is 9.68. The Hall–Kier alpha value is -1.09. The normalized spacial score (nSPS) is 12.5. The summed E-state index contributed by atoms with van der Waals surface area (Å²) < 4.78 is 5.57. The molecule has 0 aliphatic rings. The predicted molar refractivity (Wildman–Crippen MR) is 52.7 cm³/mol. The second-order valence-corrected chi connectivity index (χ2v) is 3.14. The lowest BCUT2D eigenvalue weighted by atomic mass is 10.3. The summed E-state index contributed by atoms with van der Waals surface area (Å²) in [5.41, 5.74) is 6.41. The Morgan fingerprint density at radius 2 is 2.31 bits per heavy atom. The van der Waals surface area contributed by atoms with Crippen LogP contribution in [0.15, 0.2) is 18.3 Å². The quantitative estimate of drug-likeness (QED) is 0.764. The van der Waals surface area contributed by atoms with E-state index in [1.165, 1.54) is 0 Å². The smallest absolute Gasteiger partial charge is 0.138 e. The van der Waals surface area contributed by atoms with Crippen molar-refractivity contribution in [1.82, 2.24) is 4.98 Å². The number of aryl methyl sites for hydroxylation is 1. The van der Waals surface area contributed by atoms with Gasteiger partial charge in [0.1, 0.15) is 5.75 Å². The van der Waals surface area contributed by atoms with Crippen molar-refractivity contribution in [3.05, 3.63) is 24.0 Å². The molecule has 1 heterocycles. The highest BCUT2D eigenvalue weighted by Crippen LogP contribution is 2.11. The topological polar surface area (TPSA) is 48.1 Å². The van der Waals surface area contributed by atoms with E-state index in [1.54, 1.807) is 6.20 Å². The van der Waals surface area contributed by atoms with Crippen LogP contribution in [0.5, 0.6) is 5.75 Å². The number of rotatable bonds is 4. The Morgan fingerprint density at radius 1 is 1.54 bits per heavy atom. The molecule has 3 heteroatoms. The predicted octanol–water partition coefficient (Wildman–Crippen LogP) is 1.51. The van der Waals surface area contributed by atoms with E-state index in [4.69, 9.17) is 10.5 Å². The van der Waals surface area contributed by atoms with Gasteiger partial charge in [0.25, 0.3) is 0 Å². The summed E-state index contributed by atoms with van der Waals surface area (Å²) in [6, 6.07) is 3.86. The molecule has 3 nitrogen and oxygen atoms in total.